The molecule has 2 rings (SSSR count). The minimum atomic E-state index is -0.506. The van der Waals surface area contributed by atoms with Gasteiger partial charge < -0.3 is 10.1 Å². The topological polar surface area (TPSA) is 61.9 Å². The number of nitrogens with zero attached hydrogens (tertiary/aromatic N) is 2. The number of carbonyl (C=O) groups excluding carboxylic acids is 2. The van der Waals surface area contributed by atoms with Crippen LogP contribution in [0, 0.1) is 0 Å². The molecule has 0 saturated carbocycles. The Morgan fingerprint density at radius 2 is 2.38 bits per heavy atom. The highest BCUT2D eigenvalue weighted by atomic mass is 16.6. The second-order valence-electron chi connectivity index (χ2n) is 4.25. The van der Waals surface area contributed by atoms with Crippen molar-refractivity contribution in [1.82, 2.24) is 15.1 Å². The number of nitrogens with one attached hydrogen (secondary N) is 1. The molecule has 2 fully saturated rings. The van der Waals surface area contributed by atoms with E-state index in [1.165, 1.54) is 4.90 Å². The van der Waals surface area contributed by atoms with Crippen LogP contribution in [0.5, 0.6) is 0 Å². The van der Waals surface area contributed by atoms with Crippen molar-refractivity contribution in [1.29, 1.82) is 0 Å². The second-order valence-corrected chi connectivity index (χ2v) is 4.25. The summed E-state index contributed by atoms with van der Waals surface area (Å²) in [4.78, 5) is 26.2. The lowest BCUT2D eigenvalue weighted by molar-refractivity contribution is -0.129. The molecule has 2 heterocycles. The molecule has 0 spiro atoms. The molecule has 16 heavy (non-hydrogen) atoms. The minimum Gasteiger partial charge on any atom is -0.447 e. The SMILES string of the molecule is C[C@@H]1CN(CC(=O)N2CCOC2=O)CCN1. The van der Waals surface area contributed by atoms with Crippen molar-refractivity contribution in [2.45, 2.75) is 13.0 Å². The van der Waals surface area contributed by atoms with E-state index in [9.17, 15) is 9.59 Å². The van der Waals surface area contributed by atoms with Crippen LogP contribution in [-0.4, -0.2) is 67.2 Å². The molecule has 1 N–H and O–H groups in total. The molecule has 2 saturated heterocycles. The predicted molar refractivity (Wildman–Crippen MR) is 57.0 cm³/mol. The molecule has 0 aromatic carbocycles. The summed E-state index contributed by atoms with van der Waals surface area (Å²) in [5, 5.41) is 3.31. The number of hydrogen-bond donors (Lipinski definition) is 1. The number of ether oxygens (including phenoxy) is 1. The van der Waals surface area contributed by atoms with Crippen molar-refractivity contribution < 1.29 is 14.3 Å². The third kappa shape index (κ3) is 2.51. The summed E-state index contributed by atoms with van der Waals surface area (Å²) < 4.78 is 4.73. The molecule has 2 aliphatic heterocycles. The Balaban J connectivity index is 1.84. The van der Waals surface area contributed by atoms with Crippen molar-refractivity contribution >= 4 is 12.0 Å². The van der Waals surface area contributed by atoms with E-state index in [4.69, 9.17) is 4.74 Å². The zero-order valence-corrected chi connectivity index (χ0v) is 9.44. The van der Waals surface area contributed by atoms with Crippen molar-refractivity contribution in [3.8, 4) is 0 Å². The van der Waals surface area contributed by atoms with E-state index in [-0.39, 0.29) is 5.91 Å². The molecule has 0 unspecified atom stereocenters. The molecule has 0 radical (unpaired) electrons. The average Bonchev–Trinajstić information content (AvgIpc) is 2.64. The van der Waals surface area contributed by atoms with Gasteiger partial charge in [0.2, 0.25) is 5.91 Å². The Kier molecular flexibility index (Phi) is 3.40. The molecule has 0 aliphatic carbocycles. The predicted octanol–water partition coefficient (Wildman–Crippen LogP) is -0.741. The van der Waals surface area contributed by atoms with Gasteiger partial charge in [0.25, 0.3) is 0 Å². The Morgan fingerprint density at radius 1 is 1.56 bits per heavy atom. The van der Waals surface area contributed by atoms with Crippen molar-refractivity contribution in [3.63, 3.8) is 0 Å². The van der Waals surface area contributed by atoms with Gasteiger partial charge in [0.1, 0.15) is 6.61 Å². The monoisotopic (exact) mass is 227 g/mol. The third-order valence-corrected chi connectivity index (χ3v) is 2.87. The van der Waals surface area contributed by atoms with E-state index < -0.39 is 6.09 Å². The van der Waals surface area contributed by atoms with Gasteiger partial charge in [0.05, 0.1) is 13.1 Å². The van der Waals surface area contributed by atoms with Crippen molar-refractivity contribution in [2.75, 3.05) is 39.3 Å². The molecule has 0 aromatic rings. The van der Waals surface area contributed by atoms with Gasteiger partial charge in [-0.1, -0.05) is 0 Å². The van der Waals surface area contributed by atoms with Crippen LogP contribution >= 0.6 is 0 Å². The van der Waals surface area contributed by atoms with E-state index >= 15 is 0 Å². The van der Waals surface area contributed by atoms with E-state index in [0.717, 1.165) is 19.6 Å². The average molecular weight is 227 g/mol. The van der Waals surface area contributed by atoms with Crippen LogP contribution in [0.1, 0.15) is 6.92 Å². The first-order valence-corrected chi connectivity index (χ1v) is 5.59. The lowest BCUT2D eigenvalue weighted by atomic mass is 10.2. The van der Waals surface area contributed by atoms with E-state index in [2.05, 4.69) is 17.1 Å². The third-order valence-electron chi connectivity index (χ3n) is 2.87. The van der Waals surface area contributed by atoms with Crippen LogP contribution < -0.4 is 5.32 Å². The second kappa shape index (κ2) is 4.80. The maximum absolute atomic E-state index is 11.8. The van der Waals surface area contributed by atoms with Gasteiger partial charge in [-0.05, 0) is 6.92 Å². The fourth-order valence-electron chi connectivity index (χ4n) is 2.05. The van der Waals surface area contributed by atoms with Gasteiger partial charge in [0, 0.05) is 25.7 Å². The molecule has 0 bridgehead atoms. The summed E-state index contributed by atoms with van der Waals surface area (Å²) >= 11 is 0. The molecule has 2 aliphatic rings. The molecular weight excluding hydrogens is 210 g/mol. The summed E-state index contributed by atoms with van der Waals surface area (Å²) in [5.41, 5.74) is 0. The first kappa shape index (κ1) is 11.3. The minimum absolute atomic E-state index is 0.156. The van der Waals surface area contributed by atoms with E-state index in [1.807, 2.05) is 0 Å². The number of hydrogen-bond acceptors (Lipinski definition) is 5. The number of cyclic esters (lactones) is 1. The zero-order chi connectivity index (χ0) is 11.5. The number of imide groups is 1. The van der Waals surface area contributed by atoms with Crippen LogP contribution in [-0.2, 0) is 9.53 Å². The van der Waals surface area contributed by atoms with Crippen LogP contribution in [0.4, 0.5) is 4.79 Å². The van der Waals surface area contributed by atoms with Crippen LogP contribution in [0.25, 0.3) is 0 Å². The summed E-state index contributed by atoms with van der Waals surface area (Å²) in [7, 11) is 0. The Bertz CT molecular complexity index is 295. The lowest BCUT2D eigenvalue weighted by Crippen LogP contribution is -2.52. The Morgan fingerprint density at radius 3 is 3.00 bits per heavy atom. The molecule has 90 valence electrons. The maximum atomic E-state index is 11.8. The Hall–Kier alpha value is -1.14. The highest BCUT2D eigenvalue weighted by Crippen LogP contribution is 2.06. The van der Waals surface area contributed by atoms with Crippen LogP contribution in [0.2, 0.25) is 0 Å². The first-order chi connectivity index (χ1) is 7.66. The smallest absolute Gasteiger partial charge is 0.416 e. The van der Waals surface area contributed by atoms with E-state index in [1.54, 1.807) is 0 Å². The lowest BCUT2D eigenvalue weighted by Gasteiger charge is -2.31. The fourth-order valence-corrected chi connectivity index (χ4v) is 2.05. The highest BCUT2D eigenvalue weighted by Gasteiger charge is 2.30. The summed E-state index contributed by atoms with van der Waals surface area (Å²) in [6.45, 7) is 5.68. The summed E-state index contributed by atoms with van der Waals surface area (Å²) in [6, 6.07) is 0.395. The van der Waals surface area contributed by atoms with Crippen molar-refractivity contribution in [2.24, 2.45) is 0 Å². The van der Waals surface area contributed by atoms with E-state index in [0.29, 0.717) is 25.7 Å². The molecule has 1 atom stereocenters. The normalized spacial score (nSPS) is 26.9. The van der Waals surface area contributed by atoms with Gasteiger partial charge in [0.15, 0.2) is 0 Å². The number of piperazine rings is 1. The fraction of sp³-hybridized carbons (Fsp3) is 0.800. The maximum Gasteiger partial charge on any atom is 0.416 e. The van der Waals surface area contributed by atoms with Crippen LogP contribution in [0.15, 0.2) is 0 Å². The van der Waals surface area contributed by atoms with Gasteiger partial charge in [-0.15, -0.1) is 0 Å². The Labute approximate surface area is 94.5 Å². The van der Waals surface area contributed by atoms with Crippen LogP contribution in [0.3, 0.4) is 0 Å². The van der Waals surface area contributed by atoms with Gasteiger partial charge in [-0.2, -0.15) is 0 Å². The van der Waals surface area contributed by atoms with Gasteiger partial charge in [-0.3, -0.25) is 9.69 Å². The first-order valence-electron chi connectivity index (χ1n) is 5.59. The van der Waals surface area contributed by atoms with Gasteiger partial charge >= 0.3 is 6.09 Å². The molecule has 6 nitrogen and oxygen atoms in total. The van der Waals surface area contributed by atoms with Gasteiger partial charge in [-0.25, -0.2) is 9.69 Å². The molecule has 6 heteroatoms. The molecule has 0 aromatic heterocycles. The molecule has 2 amide bonds. The number of carbonyl (C=O) groups is 2. The largest absolute Gasteiger partial charge is 0.447 e. The number of amides is 2. The standard InChI is InChI=1S/C10H17N3O3/c1-8-6-12(3-2-11-8)7-9(14)13-4-5-16-10(13)15/h8,11H,2-7H2,1H3/t8-/m1/s1. The molecular formula is C10H17N3O3. The quantitative estimate of drug-likeness (QED) is 0.673. The number of rotatable bonds is 2. The summed E-state index contributed by atoms with van der Waals surface area (Å²) in [6.07, 6.45) is -0.506. The highest BCUT2D eigenvalue weighted by molar-refractivity contribution is 5.94. The zero-order valence-electron chi connectivity index (χ0n) is 9.44. The summed E-state index contributed by atoms with van der Waals surface area (Å²) in [5.74, 6) is -0.156. The van der Waals surface area contributed by atoms with Crippen molar-refractivity contribution in [3.05, 3.63) is 0 Å².